The highest BCUT2D eigenvalue weighted by Crippen LogP contribution is 2.49. The summed E-state index contributed by atoms with van der Waals surface area (Å²) in [5.41, 5.74) is 5.19. The first-order chi connectivity index (χ1) is 21.8. The van der Waals surface area contributed by atoms with Crippen molar-refractivity contribution in [1.29, 1.82) is 0 Å². The Labute approximate surface area is 262 Å². The lowest BCUT2D eigenvalue weighted by molar-refractivity contribution is 1.70. The SMILES string of the molecule is c1ccc2c(c1)cc(-c1c3ccccc3c(-c3ccc4sc5c6ccccc6sc5c4c3)c3ccccc13)c1ccccc12. The Hall–Kier alpha value is -5.02. The molecular weight excluding hydrogens is 569 g/mol. The van der Waals surface area contributed by atoms with Crippen molar-refractivity contribution in [3.63, 3.8) is 0 Å². The van der Waals surface area contributed by atoms with Crippen LogP contribution in [0.3, 0.4) is 0 Å². The Balaban J connectivity index is 1.33. The van der Waals surface area contributed by atoms with Crippen LogP contribution in [0.15, 0.2) is 146 Å². The van der Waals surface area contributed by atoms with Gasteiger partial charge in [-0.25, -0.2) is 0 Å². The molecule has 0 spiro atoms. The van der Waals surface area contributed by atoms with Crippen LogP contribution in [0.25, 0.3) is 94.9 Å². The summed E-state index contributed by atoms with van der Waals surface area (Å²) in [6, 6.07) is 54.0. The van der Waals surface area contributed by atoms with E-state index in [2.05, 4.69) is 146 Å². The number of benzene rings is 8. The zero-order valence-electron chi connectivity index (χ0n) is 23.7. The van der Waals surface area contributed by atoms with Crippen molar-refractivity contribution >= 4 is 95.3 Å². The van der Waals surface area contributed by atoms with Gasteiger partial charge < -0.3 is 0 Å². The van der Waals surface area contributed by atoms with Crippen LogP contribution in [0.1, 0.15) is 0 Å². The van der Waals surface area contributed by atoms with E-state index in [1.165, 1.54) is 94.9 Å². The van der Waals surface area contributed by atoms with Crippen LogP contribution in [0.4, 0.5) is 0 Å². The maximum absolute atomic E-state index is 2.45. The topological polar surface area (TPSA) is 0 Å². The van der Waals surface area contributed by atoms with Crippen LogP contribution < -0.4 is 0 Å². The molecular formula is C42H24S2. The maximum Gasteiger partial charge on any atom is 0.0542 e. The van der Waals surface area contributed by atoms with Crippen molar-refractivity contribution < 1.29 is 0 Å². The Morgan fingerprint density at radius 3 is 1.52 bits per heavy atom. The monoisotopic (exact) mass is 592 g/mol. The molecule has 0 radical (unpaired) electrons. The first-order valence-electron chi connectivity index (χ1n) is 15.0. The Bertz CT molecular complexity index is 2720. The van der Waals surface area contributed by atoms with Crippen LogP contribution in [-0.4, -0.2) is 0 Å². The summed E-state index contributed by atoms with van der Waals surface area (Å²) < 4.78 is 5.53. The highest BCUT2D eigenvalue weighted by molar-refractivity contribution is 7.36. The molecule has 204 valence electrons. The summed E-state index contributed by atoms with van der Waals surface area (Å²) in [5.74, 6) is 0. The molecule has 0 nitrogen and oxygen atoms in total. The highest BCUT2D eigenvalue weighted by Gasteiger charge is 2.20. The summed E-state index contributed by atoms with van der Waals surface area (Å²) in [6.07, 6.45) is 0. The third-order valence-corrected chi connectivity index (χ3v) is 11.8. The standard InChI is InChI=1S/C42H24S2/c1-2-12-27-25(11-1)23-35(29-14-4-3-13-28(27)29)40-32-17-7-5-15-30(32)39(31-16-6-8-18-33(31)40)26-21-22-38-36(24-26)42-41(44-38)34-19-9-10-20-37(34)43-42/h1-24H. The van der Waals surface area contributed by atoms with Gasteiger partial charge in [0.25, 0.3) is 0 Å². The summed E-state index contributed by atoms with van der Waals surface area (Å²) >= 11 is 3.84. The lowest BCUT2D eigenvalue weighted by Crippen LogP contribution is -1.92. The van der Waals surface area contributed by atoms with E-state index in [1.807, 2.05) is 22.7 Å². The molecule has 2 heterocycles. The average Bonchev–Trinajstić information content (AvgIpc) is 3.63. The van der Waals surface area contributed by atoms with Gasteiger partial charge in [-0.1, -0.05) is 121 Å². The predicted octanol–water partition coefficient (Wildman–Crippen LogP) is 13.2. The largest absolute Gasteiger partial charge is 0.134 e. The second-order valence-electron chi connectivity index (χ2n) is 11.6. The van der Waals surface area contributed by atoms with E-state index < -0.39 is 0 Å². The van der Waals surface area contributed by atoms with Gasteiger partial charge >= 0.3 is 0 Å². The zero-order chi connectivity index (χ0) is 28.8. The third-order valence-electron chi connectivity index (χ3n) is 9.24. The number of rotatable bonds is 2. The van der Waals surface area contributed by atoms with Crippen LogP contribution in [0.5, 0.6) is 0 Å². The molecule has 2 heteroatoms. The van der Waals surface area contributed by atoms with Gasteiger partial charge in [-0.05, 0) is 89.6 Å². The van der Waals surface area contributed by atoms with Gasteiger partial charge in [-0.15, -0.1) is 22.7 Å². The van der Waals surface area contributed by atoms with Crippen molar-refractivity contribution in [3.8, 4) is 22.3 Å². The summed E-state index contributed by atoms with van der Waals surface area (Å²) in [7, 11) is 0. The van der Waals surface area contributed by atoms with Gasteiger partial charge in [0.15, 0.2) is 0 Å². The second-order valence-corrected chi connectivity index (χ2v) is 13.7. The molecule has 0 aliphatic rings. The maximum atomic E-state index is 2.45. The molecule has 44 heavy (non-hydrogen) atoms. The van der Waals surface area contributed by atoms with Gasteiger partial charge in [0.2, 0.25) is 0 Å². The molecule has 10 aromatic rings. The predicted molar refractivity (Wildman–Crippen MR) is 196 cm³/mol. The van der Waals surface area contributed by atoms with E-state index >= 15 is 0 Å². The van der Waals surface area contributed by atoms with Gasteiger partial charge in [0, 0.05) is 20.2 Å². The summed E-state index contributed by atoms with van der Waals surface area (Å²) in [4.78, 5) is 0. The normalized spacial score (nSPS) is 12.1. The van der Waals surface area contributed by atoms with Crippen LogP contribution in [0, 0.1) is 0 Å². The van der Waals surface area contributed by atoms with E-state index in [9.17, 15) is 0 Å². The minimum Gasteiger partial charge on any atom is -0.134 e. The number of hydrogen-bond donors (Lipinski definition) is 0. The van der Waals surface area contributed by atoms with E-state index in [0.717, 1.165) is 0 Å². The first kappa shape index (κ1) is 24.4. The first-order valence-corrected chi connectivity index (χ1v) is 16.7. The minimum atomic E-state index is 1.27. The molecule has 0 fully saturated rings. The van der Waals surface area contributed by atoms with E-state index in [-0.39, 0.29) is 0 Å². The molecule has 0 saturated heterocycles. The van der Waals surface area contributed by atoms with Crippen LogP contribution in [-0.2, 0) is 0 Å². The zero-order valence-corrected chi connectivity index (χ0v) is 25.3. The fourth-order valence-electron chi connectivity index (χ4n) is 7.35. The molecule has 0 aliphatic carbocycles. The molecule has 0 amide bonds. The molecule has 2 aromatic heterocycles. The van der Waals surface area contributed by atoms with Gasteiger partial charge in [-0.2, -0.15) is 0 Å². The second kappa shape index (κ2) is 9.24. The van der Waals surface area contributed by atoms with Crippen LogP contribution in [0.2, 0.25) is 0 Å². The lowest BCUT2D eigenvalue weighted by atomic mass is 9.84. The third kappa shape index (κ3) is 3.38. The van der Waals surface area contributed by atoms with Gasteiger partial charge in [0.1, 0.15) is 0 Å². The molecule has 0 saturated carbocycles. The van der Waals surface area contributed by atoms with Gasteiger partial charge in [0.05, 0.1) is 9.40 Å². The molecule has 0 unspecified atom stereocenters. The van der Waals surface area contributed by atoms with Crippen molar-refractivity contribution in [3.05, 3.63) is 146 Å². The summed E-state index contributed by atoms with van der Waals surface area (Å²) in [6.45, 7) is 0. The number of hydrogen-bond acceptors (Lipinski definition) is 2. The Kier molecular flexibility index (Phi) is 5.13. The fourth-order valence-corrected chi connectivity index (χ4v) is 9.98. The Morgan fingerprint density at radius 1 is 0.318 bits per heavy atom. The average molecular weight is 593 g/mol. The number of thiophene rings is 2. The Morgan fingerprint density at radius 2 is 0.818 bits per heavy atom. The van der Waals surface area contributed by atoms with E-state index in [4.69, 9.17) is 0 Å². The molecule has 0 atom stereocenters. The van der Waals surface area contributed by atoms with Crippen molar-refractivity contribution in [2.75, 3.05) is 0 Å². The van der Waals surface area contributed by atoms with Crippen LogP contribution >= 0.6 is 22.7 Å². The smallest absolute Gasteiger partial charge is 0.0542 e. The summed E-state index contributed by atoms with van der Waals surface area (Å²) in [5, 5.41) is 13.1. The number of fused-ring (bicyclic) bond motifs is 10. The highest BCUT2D eigenvalue weighted by atomic mass is 32.1. The quantitative estimate of drug-likeness (QED) is 0.138. The molecule has 10 rings (SSSR count). The van der Waals surface area contributed by atoms with Crippen molar-refractivity contribution in [2.45, 2.75) is 0 Å². The van der Waals surface area contributed by atoms with Crippen molar-refractivity contribution in [1.82, 2.24) is 0 Å². The van der Waals surface area contributed by atoms with Gasteiger partial charge in [-0.3, -0.25) is 0 Å². The van der Waals surface area contributed by atoms with E-state index in [1.54, 1.807) is 0 Å². The molecule has 0 aliphatic heterocycles. The molecule has 0 N–H and O–H groups in total. The minimum absolute atomic E-state index is 1.27. The molecule has 0 bridgehead atoms. The molecule has 8 aromatic carbocycles. The lowest BCUT2D eigenvalue weighted by Gasteiger charge is -2.19. The fraction of sp³-hybridized carbons (Fsp3) is 0. The van der Waals surface area contributed by atoms with E-state index in [0.29, 0.717) is 0 Å². The van der Waals surface area contributed by atoms with Crippen molar-refractivity contribution in [2.24, 2.45) is 0 Å².